The molecule has 1 aromatic heterocycles. The Labute approximate surface area is 143 Å². The average molecular weight is 317 g/mol. The van der Waals surface area contributed by atoms with Crippen LogP contribution < -0.4 is 11.5 Å². The standard InChI is InChI=1S/C21H23N3/c1-14-3-7-16(8-4-14)20(22)18-11-12-19(24-13-18)21(23)17-9-5-15(2)6-10-17/h3-13,20-21H,22-23H2,1-2H3. The molecule has 0 spiro atoms. The zero-order chi connectivity index (χ0) is 17.1. The fraction of sp³-hybridized carbons (Fsp3) is 0.190. The number of hydrogen-bond acceptors (Lipinski definition) is 3. The highest BCUT2D eigenvalue weighted by Gasteiger charge is 2.13. The zero-order valence-corrected chi connectivity index (χ0v) is 14.1. The van der Waals surface area contributed by atoms with E-state index in [0.717, 1.165) is 22.4 Å². The molecule has 122 valence electrons. The van der Waals surface area contributed by atoms with Crippen LogP contribution in [0.2, 0.25) is 0 Å². The molecule has 3 rings (SSSR count). The molecule has 4 N–H and O–H groups in total. The van der Waals surface area contributed by atoms with Crippen LogP contribution in [-0.2, 0) is 0 Å². The van der Waals surface area contributed by atoms with Gasteiger partial charge < -0.3 is 11.5 Å². The summed E-state index contributed by atoms with van der Waals surface area (Å²) >= 11 is 0. The number of nitrogens with two attached hydrogens (primary N) is 2. The lowest BCUT2D eigenvalue weighted by molar-refractivity contribution is 0.809. The molecule has 2 unspecified atom stereocenters. The van der Waals surface area contributed by atoms with E-state index in [0.29, 0.717) is 0 Å². The molecule has 0 radical (unpaired) electrons. The average Bonchev–Trinajstić information content (AvgIpc) is 2.62. The normalized spacial score (nSPS) is 13.5. The molecule has 0 aliphatic heterocycles. The Morgan fingerprint density at radius 2 is 1.08 bits per heavy atom. The molecule has 3 aromatic rings. The summed E-state index contributed by atoms with van der Waals surface area (Å²) in [6.45, 7) is 4.13. The quantitative estimate of drug-likeness (QED) is 0.769. The van der Waals surface area contributed by atoms with Gasteiger partial charge in [0.1, 0.15) is 0 Å². The largest absolute Gasteiger partial charge is 0.320 e. The number of pyridine rings is 1. The Kier molecular flexibility index (Phi) is 4.74. The topological polar surface area (TPSA) is 64.9 Å². The molecule has 2 aromatic carbocycles. The van der Waals surface area contributed by atoms with Crippen LogP contribution in [0.3, 0.4) is 0 Å². The molecular formula is C21H23N3. The van der Waals surface area contributed by atoms with Crippen LogP contribution in [0.25, 0.3) is 0 Å². The number of benzene rings is 2. The van der Waals surface area contributed by atoms with E-state index < -0.39 is 0 Å². The van der Waals surface area contributed by atoms with Gasteiger partial charge in [0, 0.05) is 6.20 Å². The van der Waals surface area contributed by atoms with Gasteiger partial charge >= 0.3 is 0 Å². The maximum Gasteiger partial charge on any atom is 0.0726 e. The minimum Gasteiger partial charge on any atom is -0.320 e. The molecule has 3 heteroatoms. The third kappa shape index (κ3) is 3.53. The van der Waals surface area contributed by atoms with Crippen molar-refractivity contribution in [2.45, 2.75) is 25.9 Å². The Balaban J connectivity index is 1.79. The molecule has 0 aliphatic rings. The Bertz CT molecular complexity index is 719. The van der Waals surface area contributed by atoms with Gasteiger partial charge in [-0.1, -0.05) is 65.7 Å². The van der Waals surface area contributed by atoms with Gasteiger partial charge in [0.15, 0.2) is 0 Å². The van der Waals surface area contributed by atoms with Crippen LogP contribution in [0.5, 0.6) is 0 Å². The minimum absolute atomic E-state index is 0.178. The maximum atomic E-state index is 6.35. The third-order valence-corrected chi connectivity index (χ3v) is 4.36. The first kappa shape index (κ1) is 16.4. The number of rotatable bonds is 4. The van der Waals surface area contributed by atoms with Crippen molar-refractivity contribution >= 4 is 0 Å². The van der Waals surface area contributed by atoms with E-state index >= 15 is 0 Å². The third-order valence-electron chi connectivity index (χ3n) is 4.36. The highest BCUT2D eigenvalue weighted by atomic mass is 14.8. The second kappa shape index (κ2) is 6.95. The first-order valence-corrected chi connectivity index (χ1v) is 8.15. The summed E-state index contributed by atoms with van der Waals surface area (Å²) in [5, 5.41) is 0. The van der Waals surface area contributed by atoms with Gasteiger partial charge in [-0.2, -0.15) is 0 Å². The fourth-order valence-corrected chi connectivity index (χ4v) is 2.70. The Morgan fingerprint density at radius 3 is 1.54 bits per heavy atom. The van der Waals surface area contributed by atoms with Crippen molar-refractivity contribution in [3.8, 4) is 0 Å². The van der Waals surface area contributed by atoms with Crippen molar-refractivity contribution in [3.05, 3.63) is 100 Å². The van der Waals surface area contributed by atoms with Gasteiger partial charge in [-0.25, -0.2) is 0 Å². The fourth-order valence-electron chi connectivity index (χ4n) is 2.70. The van der Waals surface area contributed by atoms with Gasteiger partial charge in [0.2, 0.25) is 0 Å². The summed E-state index contributed by atoms with van der Waals surface area (Å²) in [6, 6.07) is 20.1. The van der Waals surface area contributed by atoms with E-state index in [2.05, 4.69) is 55.2 Å². The summed E-state index contributed by atoms with van der Waals surface area (Å²) in [5.74, 6) is 0. The van der Waals surface area contributed by atoms with Crippen molar-refractivity contribution in [3.63, 3.8) is 0 Å². The van der Waals surface area contributed by atoms with E-state index in [9.17, 15) is 0 Å². The molecular weight excluding hydrogens is 294 g/mol. The van der Waals surface area contributed by atoms with Gasteiger partial charge in [-0.15, -0.1) is 0 Å². The highest BCUT2D eigenvalue weighted by Crippen LogP contribution is 2.22. The smallest absolute Gasteiger partial charge is 0.0726 e. The predicted molar refractivity (Wildman–Crippen MR) is 98.7 cm³/mol. The maximum absolute atomic E-state index is 6.35. The predicted octanol–water partition coefficient (Wildman–Crippen LogP) is 3.79. The Hall–Kier alpha value is -2.49. The molecule has 0 bridgehead atoms. The SMILES string of the molecule is Cc1ccc(C(N)c2ccc(C(N)c3ccc(C)cc3)nc2)cc1. The monoisotopic (exact) mass is 317 g/mol. The summed E-state index contributed by atoms with van der Waals surface area (Å²) in [7, 11) is 0. The number of hydrogen-bond donors (Lipinski definition) is 2. The first-order chi connectivity index (χ1) is 11.5. The summed E-state index contributed by atoms with van der Waals surface area (Å²) in [4.78, 5) is 4.54. The minimum atomic E-state index is -0.227. The van der Waals surface area contributed by atoms with E-state index in [1.54, 1.807) is 0 Å². The molecule has 0 aliphatic carbocycles. The number of aromatic nitrogens is 1. The van der Waals surface area contributed by atoms with Crippen LogP contribution >= 0.6 is 0 Å². The molecule has 0 amide bonds. The van der Waals surface area contributed by atoms with E-state index in [-0.39, 0.29) is 12.1 Å². The van der Waals surface area contributed by atoms with Crippen LogP contribution in [0.15, 0.2) is 66.9 Å². The van der Waals surface area contributed by atoms with Crippen molar-refractivity contribution in [1.82, 2.24) is 4.98 Å². The van der Waals surface area contributed by atoms with E-state index in [1.165, 1.54) is 11.1 Å². The van der Waals surface area contributed by atoms with Crippen molar-refractivity contribution in [1.29, 1.82) is 0 Å². The second-order valence-electron chi connectivity index (χ2n) is 6.29. The molecule has 0 fully saturated rings. The number of aryl methyl sites for hydroxylation is 2. The first-order valence-electron chi connectivity index (χ1n) is 8.15. The Morgan fingerprint density at radius 1 is 0.625 bits per heavy atom. The van der Waals surface area contributed by atoms with E-state index in [1.807, 2.05) is 30.5 Å². The second-order valence-corrected chi connectivity index (χ2v) is 6.29. The van der Waals surface area contributed by atoms with Crippen molar-refractivity contribution < 1.29 is 0 Å². The van der Waals surface area contributed by atoms with Gasteiger partial charge in [0.25, 0.3) is 0 Å². The molecule has 0 saturated carbocycles. The van der Waals surface area contributed by atoms with E-state index in [4.69, 9.17) is 11.5 Å². The lowest BCUT2D eigenvalue weighted by Crippen LogP contribution is -2.16. The molecule has 24 heavy (non-hydrogen) atoms. The summed E-state index contributed by atoms with van der Waals surface area (Å²) in [5.41, 5.74) is 19.1. The summed E-state index contributed by atoms with van der Waals surface area (Å²) < 4.78 is 0. The molecule has 0 saturated heterocycles. The lowest BCUT2D eigenvalue weighted by Gasteiger charge is -2.15. The number of nitrogens with zero attached hydrogens (tertiary/aromatic N) is 1. The molecule has 1 heterocycles. The highest BCUT2D eigenvalue weighted by molar-refractivity contribution is 5.34. The van der Waals surface area contributed by atoms with Gasteiger partial charge in [-0.3, -0.25) is 4.98 Å². The van der Waals surface area contributed by atoms with Crippen molar-refractivity contribution in [2.75, 3.05) is 0 Å². The molecule has 2 atom stereocenters. The molecule has 3 nitrogen and oxygen atoms in total. The van der Waals surface area contributed by atoms with Gasteiger partial charge in [-0.05, 0) is 36.6 Å². The summed E-state index contributed by atoms with van der Waals surface area (Å²) in [6.07, 6.45) is 1.83. The van der Waals surface area contributed by atoms with Crippen LogP contribution in [0.1, 0.15) is 45.6 Å². The van der Waals surface area contributed by atoms with Crippen LogP contribution in [0.4, 0.5) is 0 Å². The van der Waals surface area contributed by atoms with Crippen molar-refractivity contribution in [2.24, 2.45) is 11.5 Å². The van der Waals surface area contributed by atoms with Gasteiger partial charge in [0.05, 0.1) is 17.8 Å². The zero-order valence-electron chi connectivity index (χ0n) is 14.1. The lowest BCUT2D eigenvalue weighted by atomic mass is 9.98. The van der Waals surface area contributed by atoms with Crippen LogP contribution in [0, 0.1) is 13.8 Å². The van der Waals surface area contributed by atoms with Crippen LogP contribution in [-0.4, -0.2) is 4.98 Å².